The fourth-order valence-corrected chi connectivity index (χ4v) is 2.04. The van der Waals surface area contributed by atoms with E-state index < -0.39 is 12.1 Å². The largest absolute Gasteiger partial charge is 0.507 e. The van der Waals surface area contributed by atoms with E-state index in [4.69, 9.17) is 4.74 Å². The third-order valence-corrected chi connectivity index (χ3v) is 3.36. The van der Waals surface area contributed by atoms with Crippen LogP contribution in [0.2, 0.25) is 0 Å². The second-order valence-corrected chi connectivity index (χ2v) is 5.30. The molecule has 2 rings (SSSR count). The quantitative estimate of drug-likeness (QED) is 0.693. The number of ketones is 1. The van der Waals surface area contributed by atoms with Gasteiger partial charge in [-0.2, -0.15) is 0 Å². The van der Waals surface area contributed by atoms with E-state index in [1.807, 2.05) is 19.1 Å². The molecule has 0 aliphatic heterocycles. The number of phenols is 1. The molecule has 0 saturated carbocycles. The standard InChI is InChI=1S/C18H18O4/c1-11-4-7-14(8-5-11)17(20)13(3)22-18(21)15-10-12(2)6-9-16(15)19/h4-10,13,19H,1-3H3/t13-/m1/s1. The highest BCUT2D eigenvalue weighted by molar-refractivity contribution is 6.01. The van der Waals surface area contributed by atoms with Gasteiger partial charge in [0.25, 0.3) is 0 Å². The van der Waals surface area contributed by atoms with Gasteiger partial charge in [-0.15, -0.1) is 0 Å². The number of carbonyl (C=O) groups excluding carboxylic acids is 2. The maximum Gasteiger partial charge on any atom is 0.342 e. The minimum absolute atomic E-state index is 0.0588. The molecule has 2 aromatic carbocycles. The second-order valence-electron chi connectivity index (χ2n) is 5.30. The third kappa shape index (κ3) is 3.52. The number of carbonyl (C=O) groups is 2. The Bertz CT molecular complexity index is 702. The van der Waals surface area contributed by atoms with E-state index in [1.165, 1.54) is 19.1 Å². The molecule has 0 amide bonds. The number of benzene rings is 2. The molecule has 0 spiro atoms. The van der Waals surface area contributed by atoms with Crippen LogP contribution in [0.1, 0.15) is 38.8 Å². The zero-order valence-corrected chi connectivity index (χ0v) is 12.8. The molecule has 0 radical (unpaired) electrons. The Kier molecular flexibility index (Phi) is 4.61. The van der Waals surface area contributed by atoms with E-state index in [9.17, 15) is 14.7 Å². The SMILES string of the molecule is Cc1ccc(C(=O)[C@@H](C)OC(=O)c2cc(C)ccc2O)cc1. The highest BCUT2D eigenvalue weighted by Gasteiger charge is 2.22. The van der Waals surface area contributed by atoms with Crippen molar-refractivity contribution in [2.75, 3.05) is 0 Å². The lowest BCUT2D eigenvalue weighted by molar-refractivity contribution is 0.0316. The number of Topliss-reactive ketones (excluding diaryl/α,β-unsaturated/α-hetero) is 1. The van der Waals surface area contributed by atoms with Gasteiger partial charge >= 0.3 is 5.97 Å². The van der Waals surface area contributed by atoms with Crippen LogP contribution in [0.4, 0.5) is 0 Å². The lowest BCUT2D eigenvalue weighted by Gasteiger charge is -2.13. The minimum atomic E-state index is -0.921. The topological polar surface area (TPSA) is 63.6 Å². The maximum atomic E-state index is 12.2. The molecule has 114 valence electrons. The Morgan fingerprint density at radius 2 is 1.59 bits per heavy atom. The average Bonchev–Trinajstić information content (AvgIpc) is 2.49. The summed E-state index contributed by atoms with van der Waals surface area (Å²) in [6.45, 7) is 5.25. The molecule has 22 heavy (non-hydrogen) atoms. The van der Waals surface area contributed by atoms with Gasteiger partial charge in [-0.1, -0.05) is 41.5 Å². The van der Waals surface area contributed by atoms with Crippen molar-refractivity contribution in [2.24, 2.45) is 0 Å². The summed E-state index contributed by atoms with van der Waals surface area (Å²) < 4.78 is 5.17. The fraction of sp³-hybridized carbons (Fsp3) is 0.222. The lowest BCUT2D eigenvalue weighted by atomic mass is 10.1. The molecular weight excluding hydrogens is 280 g/mol. The van der Waals surface area contributed by atoms with Crippen molar-refractivity contribution in [3.63, 3.8) is 0 Å². The van der Waals surface area contributed by atoms with Crippen LogP contribution in [0.15, 0.2) is 42.5 Å². The summed E-state index contributed by atoms with van der Waals surface area (Å²) in [5.41, 5.74) is 2.41. The molecule has 2 aromatic rings. The van der Waals surface area contributed by atoms with Gasteiger partial charge in [0.15, 0.2) is 6.10 Å². The van der Waals surface area contributed by atoms with Crippen molar-refractivity contribution in [3.8, 4) is 5.75 Å². The zero-order valence-electron chi connectivity index (χ0n) is 12.8. The van der Waals surface area contributed by atoms with Gasteiger partial charge in [-0.05, 0) is 32.9 Å². The van der Waals surface area contributed by atoms with Gasteiger partial charge in [0, 0.05) is 5.56 Å². The van der Waals surface area contributed by atoms with Gasteiger partial charge in [-0.3, -0.25) is 4.79 Å². The Morgan fingerprint density at radius 3 is 2.23 bits per heavy atom. The third-order valence-electron chi connectivity index (χ3n) is 3.36. The van der Waals surface area contributed by atoms with Crippen LogP contribution in [0, 0.1) is 13.8 Å². The van der Waals surface area contributed by atoms with E-state index in [1.54, 1.807) is 25.1 Å². The number of aromatic hydroxyl groups is 1. The van der Waals surface area contributed by atoms with Crippen LogP contribution in [0.5, 0.6) is 5.75 Å². The van der Waals surface area contributed by atoms with E-state index in [0.29, 0.717) is 5.56 Å². The first kappa shape index (κ1) is 15.8. The maximum absolute atomic E-state index is 12.2. The first-order chi connectivity index (χ1) is 10.4. The Hall–Kier alpha value is -2.62. The number of esters is 1. The van der Waals surface area contributed by atoms with E-state index >= 15 is 0 Å². The molecule has 0 fully saturated rings. The van der Waals surface area contributed by atoms with Gasteiger partial charge in [-0.25, -0.2) is 4.79 Å². The predicted molar refractivity (Wildman–Crippen MR) is 83.2 cm³/mol. The summed E-state index contributed by atoms with van der Waals surface area (Å²) in [6, 6.07) is 11.7. The monoisotopic (exact) mass is 298 g/mol. The van der Waals surface area contributed by atoms with Gasteiger partial charge < -0.3 is 9.84 Å². The van der Waals surface area contributed by atoms with Crippen LogP contribution in [-0.2, 0) is 4.74 Å². The number of ether oxygens (including phenoxy) is 1. The molecule has 0 aliphatic rings. The molecule has 4 nitrogen and oxygen atoms in total. The molecule has 0 heterocycles. The first-order valence-corrected chi connectivity index (χ1v) is 7.00. The summed E-state index contributed by atoms with van der Waals surface area (Å²) in [5.74, 6) is -1.15. The van der Waals surface area contributed by atoms with E-state index in [0.717, 1.165) is 11.1 Å². The molecule has 1 atom stereocenters. The fourth-order valence-electron chi connectivity index (χ4n) is 2.04. The summed E-state index contributed by atoms with van der Waals surface area (Å²) in [4.78, 5) is 24.3. The minimum Gasteiger partial charge on any atom is -0.507 e. The molecule has 4 heteroatoms. The van der Waals surface area contributed by atoms with E-state index in [-0.39, 0.29) is 17.1 Å². The van der Waals surface area contributed by atoms with E-state index in [2.05, 4.69) is 0 Å². The summed E-state index contributed by atoms with van der Waals surface area (Å²) >= 11 is 0. The van der Waals surface area contributed by atoms with Gasteiger partial charge in [0.1, 0.15) is 11.3 Å². The first-order valence-electron chi connectivity index (χ1n) is 7.00. The number of aryl methyl sites for hydroxylation is 2. The normalized spacial score (nSPS) is 11.8. The van der Waals surface area contributed by atoms with Crippen LogP contribution >= 0.6 is 0 Å². The Balaban J connectivity index is 2.12. The predicted octanol–water partition coefficient (Wildman–Crippen LogP) is 3.44. The van der Waals surface area contributed by atoms with Crippen molar-refractivity contribution in [3.05, 3.63) is 64.7 Å². The molecular formula is C18H18O4. The summed E-state index contributed by atoms with van der Waals surface area (Å²) in [6.07, 6.45) is -0.921. The Morgan fingerprint density at radius 1 is 1.00 bits per heavy atom. The van der Waals surface area contributed by atoms with Crippen molar-refractivity contribution in [1.29, 1.82) is 0 Å². The molecule has 0 aromatic heterocycles. The van der Waals surface area contributed by atoms with Crippen LogP contribution in [0.25, 0.3) is 0 Å². The van der Waals surface area contributed by atoms with Crippen LogP contribution in [0.3, 0.4) is 0 Å². The number of hydrogen-bond acceptors (Lipinski definition) is 4. The van der Waals surface area contributed by atoms with Crippen molar-refractivity contribution in [1.82, 2.24) is 0 Å². The van der Waals surface area contributed by atoms with Gasteiger partial charge in [0.05, 0.1) is 0 Å². The number of rotatable bonds is 4. The lowest BCUT2D eigenvalue weighted by Crippen LogP contribution is -2.24. The number of phenolic OH excluding ortho intramolecular Hbond substituents is 1. The Labute approximate surface area is 129 Å². The molecule has 1 N–H and O–H groups in total. The van der Waals surface area contributed by atoms with Gasteiger partial charge in [0.2, 0.25) is 5.78 Å². The van der Waals surface area contributed by atoms with Crippen molar-refractivity contribution < 1.29 is 19.4 Å². The highest BCUT2D eigenvalue weighted by Crippen LogP contribution is 2.20. The van der Waals surface area contributed by atoms with Crippen LogP contribution in [-0.4, -0.2) is 23.0 Å². The van der Waals surface area contributed by atoms with Crippen molar-refractivity contribution in [2.45, 2.75) is 26.9 Å². The highest BCUT2D eigenvalue weighted by atomic mass is 16.5. The van der Waals surface area contributed by atoms with Crippen LogP contribution < -0.4 is 0 Å². The smallest absolute Gasteiger partial charge is 0.342 e. The molecule has 0 saturated heterocycles. The average molecular weight is 298 g/mol. The molecule has 0 unspecified atom stereocenters. The number of hydrogen-bond donors (Lipinski definition) is 1. The van der Waals surface area contributed by atoms with Crippen molar-refractivity contribution >= 4 is 11.8 Å². The molecule has 0 bridgehead atoms. The zero-order chi connectivity index (χ0) is 16.3. The second kappa shape index (κ2) is 6.43. The summed E-state index contributed by atoms with van der Waals surface area (Å²) in [5, 5.41) is 9.72. The molecule has 0 aliphatic carbocycles. The summed E-state index contributed by atoms with van der Waals surface area (Å²) in [7, 11) is 0.